The zero-order chi connectivity index (χ0) is 12.2. The molecule has 0 aliphatic carbocycles. The summed E-state index contributed by atoms with van der Waals surface area (Å²) in [5.74, 6) is 1.25. The SMILES string of the molecule is C=C(CNC(C)C)CN1CCSC(C)(C)C1. The summed E-state index contributed by atoms with van der Waals surface area (Å²) >= 11 is 2.08. The van der Waals surface area contributed by atoms with E-state index in [2.05, 4.69) is 56.3 Å². The molecule has 0 spiro atoms. The highest BCUT2D eigenvalue weighted by Crippen LogP contribution is 2.29. The number of hydrogen-bond donors (Lipinski definition) is 1. The molecule has 2 nitrogen and oxygen atoms in total. The van der Waals surface area contributed by atoms with Gasteiger partial charge in [0, 0.05) is 42.7 Å². The number of hydrogen-bond acceptors (Lipinski definition) is 3. The molecule has 1 rings (SSSR count). The number of nitrogens with zero attached hydrogens (tertiary/aromatic N) is 1. The molecule has 0 radical (unpaired) electrons. The Morgan fingerprint density at radius 1 is 1.50 bits per heavy atom. The second kappa shape index (κ2) is 6.08. The van der Waals surface area contributed by atoms with Gasteiger partial charge in [0.05, 0.1) is 0 Å². The van der Waals surface area contributed by atoms with Crippen LogP contribution in [-0.2, 0) is 0 Å². The van der Waals surface area contributed by atoms with Crippen LogP contribution in [0.4, 0.5) is 0 Å². The van der Waals surface area contributed by atoms with Gasteiger partial charge >= 0.3 is 0 Å². The molecule has 0 atom stereocenters. The summed E-state index contributed by atoms with van der Waals surface area (Å²) in [4.78, 5) is 2.53. The maximum atomic E-state index is 4.16. The van der Waals surface area contributed by atoms with Crippen LogP contribution in [0.3, 0.4) is 0 Å². The summed E-state index contributed by atoms with van der Waals surface area (Å²) in [5.41, 5.74) is 1.30. The van der Waals surface area contributed by atoms with E-state index in [-0.39, 0.29) is 0 Å². The monoisotopic (exact) mass is 242 g/mol. The van der Waals surface area contributed by atoms with Gasteiger partial charge in [0.2, 0.25) is 0 Å². The minimum atomic E-state index is 0.407. The van der Waals surface area contributed by atoms with Gasteiger partial charge in [0.1, 0.15) is 0 Å². The third kappa shape index (κ3) is 5.37. The van der Waals surface area contributed by atoms with Crippen molar-refractivity contribution in [1.82, 2.24) is 10.2 Å². The molecule has 3 heteroatoms. The first-order valence-electron chi connectivity index (χ1n) is 6.15. The van der Waals surface area contributed by atoms with Crippen molar-refractivity contribution in [2.24, 2.45) is 0 Å². The van der Waals surface area contributed by atoms with Crippen molar-refractivity contribution in [3.8, 4) is 0 Å². The molecule has 0 saturated carbocycles. The van der Waals surface area contributed by atoms with E-state index in [0.29, 0.717) is 10.8 Å². The van der Waals surface area contributed by atoms with E-state index in [9.17, 15) is 0 Å². The van der Waals surface area contributed by atoms with Gasteiger partial charge in [-0.2, -0.15) is 11.8 Å². The van der Waals surface area contributed by atoms with Crippen molar-refractivity contribution in [2.45, 2.75) is 38.5 Å². The summed E-state index contributed by atoms with van der Waals surface area (Å²) in [6, 6.07) is 0.546. The molecular weight excluding hydrogens is 216 g/mol. The fourth-order valence-corrected chi connectivity index (χ4v) is 3.15. The first kappa shape index (κ1) is 14.1. The van der Waals surface area contributed by atoms with Crippen LogP contribution in [0.2, 0.25) is 0 Å². The average molecular weight is 242 g/mol. The lowest BCUT2D eigenvalue weighted by Gasteiger charge is -2.37. The summed E-state index contributed by atoms with van der Waals surface area (Å²) < 4.78 is 0.407. The Kier molecular flexibility index (Phi) is 5.35. The highest BCUT2D eigenvalue weighted by molar-refractivity contribution is 8.00. The minimum absolute atomic E-state index is 0.407. The molecule has 0 aromatic heterocycles. The van der Waals surface area contributed by atoms with Crippen molar-refractivity contribution in [3.05, 3.63) is 12.2 Å². The van der Waals surface area contributed by atoms with Crippen LogP contribution < -0.4 is 5.32 Å². The van der Waals surface area contributed by atoms with E-state index in [1.807, 2.05) is 0 Å². The molecule has 1 aliphatic heterocycles. The fraction of sp³-hybridized carbons (Fsp3) is 0.846. The first-order chi connectivity index (χ1) is 7.39. The van der Waals surface area contributed by atoms with Crippen LogP contribution in [0.5, 0.6) is 0 Å². The third-order valence-corrected chi connectivity index (χ3v) is 4.01. The highest BCUT2D eigenvalue weighted by Gasteiger charge is 2.26. The molecule has 1 heterocycles. The van der Waals surface area contributed by atoms with Crippen molar-refractivity contribution in [2.75, 3.05) is 31.9 Å². The smallest absolute Gasteiger partial charge is 0.0231 e. The first-order valence-corrected chi connectivity index (χ1v) is 7.14. The molecule has 16 heavy (non-hydrogen) atoms. The van der Waals surface area contributed by atoms with E-state index in [0.717, 1.165) is 13.1 Å². The van der Waals surface area contributed by atoms with Crippen molar-refractivity contribution in [1.29, 1.82) is 0 Å². The molecule has 0 amide bonds. The van der Waals surface area contributed by atoms with Crippen LogP contribution in [0.25, 0.3) is 0 Å². The summed E-state index contributed by atoms with van der Waals surface area (Å²) in [6.45, 7) is 17.5. The normalized spacial score (nSPS) is 21.3. The summed E-state index contributed by atoms with van der Waals surface area (Å²) in [6.07, 6.45) is 0. The van der Waals surface area contributed by atoms with Crippen molar-refractivity contribution < 1.29 is 0 Å². The average Bonchev–Trinajstić information content (AvgIpc) is 2.13. The Bertz CT molecular complexity index is 236. The van der Waals surface area contributed by atoms with Crippen LogP contribution in [0.1, 0.15) is 27.7 Å². The molecule has 0 aromatic rings. The quantitative estimate of drug-likeness (QED) is 0.745. The zero-order valence-corrected chi connectivity index (χ0v) is 12.0. The molecule has 1 N–H and O–H groups in total. The molecule has 0 aromatic carbocycles. The molecule has 1 aliphatic rings. The topological polar surface area (TPSA) is 15.3 Å². The maximum absolute atomic E-state index is 4.16. The largest absolute Gasteiger partial charge is 0.311 e. The molecule has 0 unspecified atom stereocenters. The van der Waals surface area contributed by atoms with Gasteiger partial charge in [-0.15, -0.1) is 0 Å². The molecule has 1 fully saturated rings. The van der Waals surface area contributed by atoms with E-state index in [1.165, 1.54) is 24.4 Å². The molecule has 0 bridgehead atoms. The van der Waals surface area contributed by atoms with Gasteiger partial charge < -0.3 is 5.32 Å². The van der Waals surface area contributed by atoms with Gasteiger partial charge in [-0.25, -0.2) is 0 Å². The second-order valence-electron chi connectivity index (χ2n) is 5.60. The second-order valence-corrected chi connectivity index (χ2v) is 7.41. The van der Waals surface area contributed by atoms with Gasteiger partial charge in [-0.1, -0.05) is 20.4 Å². The number of thioether (sulfide) groups is 1. The van der Waals surface area contributed by atoms with E-state index in [4.69, 9.17) is 0 Å². The standard InChI is InChI=1S/C13H26N2S/c1-11(2)14-8-12(3)9-15-6-7-16-13(4,5)10-15/h11,14H,3,6-10H2,1-2,4-5H3. The lowest BCUT2D eigenvalue weighted by molar-refractivity contribution is 0.279. The Morgan fingerprint density at radius 2 is 2.19 bits per heavy atom. The van der Waals surface area contributed by atoms with Crippen LogP contribution in [0, 0.1) is 0 Å². The van der Waals surface area contributed by atoms with Gasteiger partial charge in [-0.05, 0) is 19.4 Å². The lowest BCUT2D eigenvalue weighted by atomic mass is 10.1. The third-order valence-electron chi connectivity index (χ3n) is 2.71. The van der Waals surface area contributed by atoms with Gasteiger partial charge in [0.15, 0.2) is 0 Å². The summed E-state index contributed by atoms with van der Waals surface area (Å²) in [5, 5.41) is 3.42. The predicted molar refractivity (Wildman–Crippen MR) is 75.3 cm³/mol. The number of nitrogens with one attached hydrogen (secondary N) is 1. The van der Waals surface area contributed by atoms with Gasteiger partial charge in [0.25, 0.3) is 0 Å². The van der Waals surface area contributed by atoms with Crippen LogP contribution in [-0.4, -0.2) is 47.6 Å². The maximum Gasteiger partial charge on any atom is 0.0231 e. The minimum Gasteiger partial charge on any atom is -0.311 e. The molecule has 94 valence electrons. The zero-order valence-electron chi connectivity index (χ0n) is 11.2. The van der Waals surface area contributed by atoms with Crippen molar-refractivity contribution >= 4 is 11.8 Å². The Hall–Kier alpha value is 0.0100. The van der Waals surface area contributed by atoms with Crippen LogP contribution in [0.15, 0.2) is 12.2 Å². The summed E-state index contributed by atoms with van der Waals surface area (Å²) in [7, 11) is 0. The van der Waals surface area contributed by atoms with Crippen molar-refractivity contribution in [3.63, 3.8) is 0 Å². The van der Waals surface area contributed by atoms with E-state index < -0.39 is 0 Å². The Morgan fingerprint density at radius 3 is 2.75 bits per heavy atom. The Balaban J connectivity index is 2.28. The Labute approximate surface area is 105 Å². The predicted octanol–water partition coefficient (Wildman–Crippen LogP) is 2.37. The molecular formula is C13H26N2S. The lowest BCUT2D eigenvalue weighted by Crippen LogP contribution is -2.44. The molecule has 1 saturated heterocycles. The van der Waals surface area contributed by atoms with Crippen LogP contribution >= 0.6 is 11.8 Å². The van der Waals surface area contributed by atoms with Gasteiger partial charge in [-0.3, -0.25) is 4.90 Å². The van der Waals surface area contributed by atoms with E-state index in [1.54, 1.807) is 0 Å². The van der Waals surface area contributed by atoms with E-state index >= 15 is 0 Å². The fourth-order valence-electron chi connectivity index (χ4n) is 1.97. The number of rotatable bonds is 5. The highest BCUT2D eigenvalue weighted by atomic mass is 32.2.